The van der Waals surface area contributed by atoms with Gasteiger partial charge in [0.05, 0.1) is 11.3 Å². The van der Waals surface area contributed by atoms with Gasteiger partial charge in [-0.15, -0.1) is 0 Å². The van der Waals surface area contributed by atoms with Crippen LogP contribution in [-0.4, -0.2) is 10.9 Å². The van der Waals surface area contributed by atoms with E-state index in [2.05, 4.69) is 10.3 Å². The first-order valence-electron chi connectivity index (χ1n) is 5.69. The van der Waals surface area contributed by atoms with Crippen LogP contribution in [0.15, 0.2) is 30.5 Å². The summed E-state index contributed by atoms with van der Waals surface area (Å²) in [6, 6.07) is 6.50. The number of nitrogens with zero attached hydrogens (tertiary/aromatic N) is 2. The van der Waals surface area contributed by atoms with E-state index in [0.29, 0.717) is 0 Å². The van der Waals surface area contributed by atoms with Gasteiger partial charge in [0.25, 0.3) is 5.91 Å². The monoisotopic (exact) mass is 289 g/mol. The molecule has 6 nitrogen and oxygen atoms in total. The van der Waals surface area contributed by atoms with Crippen molar-refractivity contribution in [3.05, 3.63) is 53.2 Å². The predicted molar refractivity (Wildman–Crippen MR) is 71.1 cm³/mol. The Morgan fingerprint density at radius 2 is 2.10 bits per heavy atom. The molecule has 1 aromatic heterocycles. The summed E-state index contributed by atoms with van der Waals surface area (Å²) in [7, 11) is 0. The fourth-order valence-corrected chi connectivity index (χ4v) is 1.65. The summed E-state index contributed by atoms with van der Waals surface area (Å²) in [6.45, 7) is 0. The summed E-state index contributed by atoms with van der Waals surface area (Å²) in [5.41, 5.74) is 1.28. The second kappa shape index (κ2) is 5.94. The van der Waals surface area contributed by atoms with E-state index in [-0.39, 0.29) is 22.6 Å². The van der Waals surface area contributed by atoms with Crippen molar-refractivity contribution in [2.24, 2.45) is 5.84 Å². The van der Waals surface area contributed by atoms with Crippen LogP contribution >= 0.6 is 0 Å². The minimum Gasteiger partial charge on any atom is -0.321 e. The van der Waals surface area contributed by atoms with E-state index in [4.69, 9.17) is 11.1 Å². The summed E-state index contributed by atoms with van der Waals surface area (Å²) >= 11 is 0. The lowest BCUT2D eigenvalue weighted by Crippen LogP contribution is -2.18. The van der Waals surface area contributed by atoms with Gasteiger partial charge in [-0.1, -0.05) is 6.07 Å². The molecule has 4 N–H and O–H groups in total. The van der Waals surface area contributed by atoms with Gasteiger partial charge in [-0.2, -0.15) is 5.26 Å². The maximum Gasteiger partial charge on any atom is 0.258 e. The van der Waals surface area contributed by atoms with Crippen LogP contribution < -0.4 is 16.6 Å². The van der Waals surface area contributed by atoms with E-state index in [9.17, 15) is 13.6 Å². The van der Waals surface area contributed by atoms with Crippen molar-refractivity contribution in [1.82, 2.24) is 4.98 Å². The van der Waals surface area contributed by atoms with Crippen molar-refractivity contribution >= 4 is 17.4 Å². The number of hydrazine groups is 1. The summed E-state index contributed by atoms with van der Waals surface area (Å²) in [6.07, 6.45) is 1.18. The molecule has 2 aromatic rings. The molecule has 0 atom stereocenters. The van der Waals surface area contributed by atoms with E-state index in [1.165, 1.54) is 18.3 Å². The third-order valence-electron chi connectivity index (χ3n) is 2.64. The molecule has 0 aliphatic heterocycles. The number of pyridine rings is 1. The van der Waals surface area contributed by atoms with Crippen LogP contribution in [-0.2, 0) is 0 Å². The molecule has 2 rings (SSSR count). The van der Waals surface area contributed by atoms with Crippen molar-refractivity contribution in [3.63, 3.8) is 0 Å². The van der Waals surface area contributed by atoms with Gasteiger partial charge >= 0.3 is 0 Å². The zero-order valence-electron chi connectivity index (χ0n) is 10.5. The maximum absolute atomic E-state index is 13.9. The standard InChI is InChI=1S/C13H9F2N5O/c14-9-2-1-3-10(8(9)6-16)19-13(21)7-4-5-18-12(20-17)11(7)15/h1-5H,17H2,(H,18,20)(H,19,21). The highest BCUT2D eigenvalue weighted by atomic mass is 19.1. The Kier molecular flexibility index (Phi) is 4.06. The highest BCUT2D eigenvalue weighted by Gasteiger charge is 2.17. The number of nitrogens with one attached hydrogen (secondary N) is 2. The van der Waals surface area contributed by atoms with Crippen molar-refractivity contribution in [1.29, 1.82) is 5.26 Å². The second-order valence-corrected chi connectivity index (χ2v) is 3.89. The molecule has 1 heterocycles. The summed E-state index contributed by atoms with van der Waals surface area (Å²) < 4.78 is 27.3. The highest BCUT2D eigenvalue weighted by molar-refractivity contribution is 6.05. The third kappa shape index (κ3) is 2.77. The van der Waals surface area contributed by atoms with Gasteiger partial charge in [0.15, 0.2) is 11.6 Å². The number of aromatic nitrogens is 1. The van der Waals surface area contributed by atoms with Gasteiger partial charge in [0, 0.05) is 6.20 Å². The van der Waals surface area contributed by atoms with Crippen molar-refractivity contribution < 1.29 is 13.6 Å². The van der Waals surface area contributed by atoms with Crippen molar-refractivity contribution in [2.75, 3.05) is 10.7 Å². The van der Waals surface area contributed by atoms with Crippen molar-refractivity contribution in [3.8, 4) is 6.07 Å². The quantitative estimate of drug-likeness (QED) is 0.590. The van der Waals surface area contributed by atoms with Gasteiger partial charge in [0.1, 0.15) is 17.4 Å². The number of anilines is 2. The molecule has 21 heavy (non-hydrogen) atoms. The normalized spacial score (nSPS) is 9.81. The molecule has 8 heteroatoms. The molecule has 0 aliphatic carbocycles. The molecule has 0 fully saturated rings. The first kappa shape index (κ1) is 14.4. The molecule has 0 radical (unpaired) electrons. The number of benzene rings is 1. The minimum atomic E-state index is -0.951. The van der Waals surface area contributed by atoms with Gasteiger partial charge in [-0.05, 0) is 18.2 Å². The number of hydrogen-bond acceptors (Lipinski definition) is 5. The van der Waals surface area contributed by atoms with Crippen LogP contribution in [0.25, 0.3) is 0 Å². The van der Waals surface area contributed by atoms with Crippen LogP contribution in [0, 0.1) is 23.0 Å². The average molecular weight is 289 g/mol. The zero-order chi connectivity index (χ0) is 15.4. The number of halogens is 2. The Morgan fingerprint density at radius 3 is 2.76 bits per heavy atom. The molecule has 1 amide bonds. The number of carbonyl (C=O) groups excluding carboxylic acids is 1. The maximum atomic E-state index is 13.9. The first-order chi connectivity index (χ1) is 10.1. The molecule has 0 bridgehead atoms. The van der Waals surface area contributed by atoms with E-state index >= 15 is 0 Å². The molecular weight excluding hydrogens is 280 g/mol. The Hall–Kier alpha value is -3.05. The largest absolute Gasteiger partial charge is 0.321 e. The fraction of sp³-hybridized carbons (Fsp3) is 0. The van der Waals surface area contributed by atoms with E-state index in [0.717, 1.165) is 12.1 Å². The smallest absolute Gasteiger partial charge is 0.258 e. The van der Waals surface area contributed by atoms with Gasteiger partial charge in [-0.25, -0.2) is 19.6 Å². The molecule has 0 unspecified atom stereocenters. The minimum absolute atomic E-state index is 0.0547. The summed E-state index contributed by atoms with van der Waals surface area (Å²) in [5.74, 6) is 2.17. The van der Waals surface area contributed by atoms with E-state index < -0.39 is 17.5 Å². The van der Waals surface area contributed by atoms with Crippen LogP contribution in [0.4, 0.5) is 20.3 Å². The Bertz CT molecular complexity index is 742. The number of nitrogen functional groups attached to an aromatic ring is 1. The second-order valence-electron chi connectivity index (χ2n) is 3.89. The lowest BCUT2D eigenvalue weighted by molar-refractivity contribution is 0.102. The number of hydrogen-bond donors (Lipinski definition) is 3. The Labute approximate surface area is 118 Å². The number of carbonyl (C=O) groups is 1. The third-order valence-corrected chi connectivity index (χ3v) is 2.64. The number of nitrogens with two attached hydrogens (primary N) is 1. The molecule has 1 aromatic carbocycles. The molecule has 0 saturated heterocycles. The topological polar surface area (TPSA) is 104 Å². The zero-order valence-corrected chi connectivity index (χ0v) is 10.5. The molecule has 106 valence electrons. The number of amides is 1. The SMILES string of the molecule is N#Cc1c(F)cccc1NC(=O)c1ccnc(NN)c1F. The van der Waals surface area contributed by atoms with Gasteiger partial charge < -0.3 is 10.7 Å². The van der Waals surface area contributed by atoms with Crippen LogP contribution in [0.1, 0.15) is 15.9 Å². The lowest BCUT2D eigenvalue weighted by atomic mass is 10.1. The molecular formula is C13H9F2N5O. The van der Waals surface area contributed by atoms with Crippen LogP contribution in [0.3, 0.4) is 0 Å². The Balaban J connectivity index is 2.36. The predicted octanol–water partition coefficient (Wildman–Crippen LogP) is 1.77. The summed E-state index contributed by atoms with van der Waals surface area (Å²) in [5, 5.41) is 11.1. The van der Waals surface area contributed by atoms with Gasteiger partial charge in [-0.3, -0.25) is 4.79 Å². The molecule has 0 spiro atoms. The number of nitriles is 1. The van der Waals surface area contributed by atoms with Crippen LogP contribution in [0.5, 0.6) is 0 Å². The first-order valence-corrected chi connectivity index (χ1v) is 5.69. The Morgan fingerprint density at radius 1 is 1.33 bits per heavy atom. The van der Waals surface area contributed by atoms with Crippen molar-refractivity contribution in [2.45, 2.75) is 0 Å². The van der Waals surface area contributed by atoms with E-state index in [1.807, 2.05) is 5.43 Å². The summed E-state index contributed by atoms with van der Waals surface area (Å²) in [4.78, 5) is 15.6. The van der Waals surface area contributed by atoms with Gasteiger partial charge in [0.2, 0.25) is 0 Å². The molecule has 0 saturated carbocycles. The lowest BCUT2D eigenvalue weighted by Gasteiger charge is -2.09. The average Bonchev–Trinajstić information content (AvgIpc) is 2.47. The highest BCUT2D eigenvalue weighted by Crippen LogP contribution is 2.20. The van der Waals surface area contributed by atoms with Crippen LogP contribution in [0.2, 0.25) is 0 Å². The molecule has 0 aliphatic rings. The van der Waals surface area contributed by atoms with E-state index in [1.54, 1.807) is 6.07 Å². The fourth-order valence-electron chi connectivity index (χ4n) is 1.65. The number of rotatable bonds is 3.